The van der Waals surface area contributed by atoms with Gasteiger partial charge in [0.05, 0.1) is 5.88 Å². The van der Waals surface area contributed by atoms with E-state index in [0.29, 0.717) is 12.3 Å². The third kappa shape index (κ3) is 3.29. The second-order valence-electron chi connectivity index (χ2n) is 4.23. The van der Waals surface area contributed by atoms with Gasteiger partial charge in [0.2, 0.25) is 0 Å². The molecule has 0 bridgehead atoms. The van der Waals surface area contributed by atoms with Crippen LogP contribution in [0.2, 0.25) is 0 Å². The summed E-state index contributed by atoms with van der Waals surface area (Å²) in [5.41, 5.74) is 0.847. The summed E-state index contributed by atoms with van der Waals surface area (Å²) in [5, 5.41) is 9.38. The molecule has 0 aliphatic rings. The molecule has 1 heterocycles. The molecule has 0 saturated heterocycles. The van der Waals surface area contributed by atoms with E-state index in [4.69, 9.17) is 16.0 Å². The van der Waals surface area contributed by atoms with Crippen LogP contribution >= 0.6 is 11.6 Å². The highest BCUT2D eigenvalue weighted by molar-refractivity contribution is 6.16. The summed E-state index contributed by atoms with van der Waals surface area (Å²) >= 11 is 5.63. The van der Waals surface area contributed by atoms with Crippen molar-refractivity contribution in [3.05, 3.63) is 53.5 Å². The SMILES string of the molecule is CN(Cc1cccc(O)c1)C(=O)c1ccc(CCl)o1. The molecule has 1 aromatic heterocycles. The molecular formula is C14H14ClNO3. The number of nitrogens with zero attached hydrogens (tertiary/aromatic N) is 1. The van der Waals surface area contributed by atoms with Gasteiger partial charge in [-0.3, -0.25) is 4.79 Å². The summed E-state index contributed by atoms with van der Waals surface area (Å²) in [5.74, 6) is 1.03. The fraction of sp³-hybridized carbons (Fsp3) is 0.214. The zero-order valence-corrected chi connectivity index (χ0v) is 11.2. The molecule has 4 nitrogen and oxygen atoms in total. The smallest absolute Gasteiger partial charge is 0.289 e. The number of hydrogen-bond acceptors (Lipinski definition) is 3. The van der Waals surface area contributed by atoms with Gasteiger partial charge in [-0.1, -0.05) is 12.1 Å². The van der Waals surface area contributed by atoms with E-state index < -0.39 is 0 Å². The van der Waals surface area contributed by atoms with Crippen molar-refractivity contribution >= 4 is 17.5 Å². The number of amides is 1. The molecule has 0 aliphatic heterocycles. The van der Waals surface area contributed by atoms with Gasteiger partial charge in [-0.2, -0.15) is 0 Å². The Morgan fingerprint density at radius 2 is 2.16 bits per heavy atom. The lowest BCUT2D eigenvalue weighted by molar-refractivity contribution is 0.0752. The maximum absolute atomic E-state index is 12.1. The van der Waals surface area contributed by atoms with Crippen molar-refractivity contribution in [2.75, 3.05) is 7.05 Å². The van der Waals surface area contributed by atoms with Gasteiger partial charge in [0.15, 0.2) is 5.76 Å². The zero-order valence-electron chi connectivity index (χ0n) is 10.5. The van der Waals surface area contributed by atoms with Crippen LogP contribution in [-0.4, -0.2) is 23.0 Å². The lowest BCUT2D eigenvalue weighted by atomic mass is 10.2. The maximum atomic E-state index is 12.1. The van der Waals surface area contributed by atoms with Crippen molar-refractivity contribution in [2.45, 2.75) is 12.4 Å². The number of alkyl halides is 1. The number of hydrogen-bond donors (Lipinski definition) is 1. The van der Waals surface area contributed by atoms with Crippen LogP contribution in [0.5, 0.6) is 5.75 Å². The third-order valence-corrected chi connectivity index (χ3v) is 2.94. The number of rotatable bonds is 4. The molecule has 0 spiro atoms. The van der Waals surface area contributed by atoms with Crippen LogP contribution in [0.25, 0.3) is 0 Å². The zero-order chi connectivity index (χ0) is 13.8. The van der Waals surface area contributed by atoms with Gasteiger partial charge < -0.3 is 14.4 Å². The van der Waals surface area contributed by atoms with E-state index >= 15 is 0 Å². The van der Waals surface area contributed by atoms with E-state index in [1.54, 1.807) is 37.4 Å². The molecule has 0 fully saturated rings. The van der Waals surface area contributed by atoms with Crippen molar-refractivity contribution in [2.24, 2.45) is 0 Å². The van der Waals surface area contributed by atoms with Crippen LogP contribution in [0.15, 0.2) is 40.8 Å². The number of halogens is 1. The van der Waals surface area contributed by atoms with E-state index in [-0.39, 0.29) is 23.3 Å². The predicted molar refractivity (Wildman–Crippen MR) is 72.2 cm³/mol. The fourth-order valence-corrected chi connectivity index (χ4v) is 1.90. The Morgan fingerprint density at radius 3 is 2.79 bits per heavy atom. The number of carbonyl (C=O) groups is 1. The molecule has 2 rings (SSSR count). The molecule has 19 heavy (non-hydrogen) atoms. The Hall–Kier alpha value is -1.94. The molecule has 2 aromatic rings. The molecule has 0 saturated carbocycles. The Bertz CT molecular complexity index is 580. The molecule has 0 unspecified atom stereocenters. The van der Waals surface area contributed by atoms with Crippen LogP contribution in [-0.2, 0) is 12.4 Å². The third-order valence-electron chi connectivity index (χ3n) is 2.68. The fourth-order valence-electron chi connectivity index (χ4n) is 1.75. The largest absolute Gasteiger partial charge is 0.508 e. The first kappa shape index (κ1) is 13.5. The second-order valence-corrected chi connectivity index (χ2v) is 4.50. The molecular weight excluding hydrogens is 266 g/mol. The first-order chi connectivity index (χ1) is 9.10. The summed E-state index contributed by atoms with van der Waals surface area (Å²) in [6.07, 6.45) is 0. The molecule has 0 atom stereocenters. The first-order valence-electron chi connectivity index (χ1n) is 5.78. The lowest BCUT2D eigenvalue weighted by Gasteiger charge is -2.15. The normalized spacial score (nSPS) is 10.4. The van der Waals surface area contributed by atoms with Crippen molar-refractivity contribution in [3.63, 3.8) is 0 Å². The molecule has 0 aliphatic carbocycles. The van der Waals surface area contributed by atoms with Gasteiger partial charge in [0, 0.05) is 13.6 Å². The number of carbonyl (C=O) groups excluding carboxylic acids is 1. The molecule has 100 valence electrons. The Labute approximate surface area is 116 Å². The predicted octanol–water partition coefficient (Wildman–Crippen LogP) is 3.00. The highest BCUT2D eigenvalue weighted by atomic mass is 35.5. The first-order valence-corrected chi connectivity index (χ1v) is 6.31. The van der Waals surface area contributed by atoms with Gasteiger partial charge in [-0.25, -0.2) is 0 Å². The Morgan fingerprint density at radius 1 is 1.37 bits per heavy atom. The van der Waals surface area contributed by atoms with Gasteiger partial charge in [0.1, 0.15) is 11.5 Å². The molecule has 0 radical (unpaired) electrons. The number of benzene rings is 1. The standard InChI is InChI=1S/C14H14ClNO3/c1-16(9-10-3-2-4-11(17)7-10)14(18)13-6-5-12(8-15)19-13/h2-7,17H,8-9H2,1H3. The topological polar surface area (TPSA) is 53.7 Å². The van der Waals surface area contributed by atoms with Gasteiger partial charge in [-0.05, 0) is 29.8 Å². The van der Waals surface area contributed by atoms with E-state index in [2.05, 4.69) is 0 Å². The average Bonchev–Trinajstić information content (AvgIpc) is 2.86. The average molecular weight is 280 g/mol. The van der Waals surface area contributed by atoms with E-state index in [1.165, 1.54) is 4.90 Å². The quantitative estimate of drug-likeness (QED) is 0.876. The minimum atomic E-state index is -0.222. The van der Waals surface area contributed by atoms with Crippen LogP contribution in [0.3, 0.4) is 0 Å². The number of aromatic hydroxyl groups is 1. The highest BCUT2D eigenvalue weighted by Crippen LogP contribution is 2.15. The molecule has 1 N–H and O–H groups in total. The van der Waals surface area contributed by atoms with Gasteiger partial charge in [0.25, 0.3) is 5.91 Å². The number of phenolic OH excluding ortho intramolecular Hbond substituents is 1. The van der Waals surface area contributed by atoms with Crippen molar-refractivity contribution in [3.8, 4) is 5.75 Å². The van der Waals surface area contributed by atoms with Crippen molar-refractivity contribution < 1.29 is 14.3 Å². The summed E-state index contributed by atoms with van der Waals surface area (Å²) in [4.78, 5) is 13.6. The highest BCUT2D eigenvalue weighted by Gasteiger charge is 2.16. The van der Waals surface area contributed by atoms with Crippen LogP contribution in [0.4, 0.5) is 0 Å². The summed E-state index contributed by atoms with van der Waals surface area (Å²) in [6.45, 7) is 0.393. The van der Waals surface area contributed by atoms with Crippen LogP contribution in [0.1, 0.15) is 21.9 Å². The van der Waals surface area contributed by atoms with E-state index in [9.17, 15) is 9.90 Å². The monoisotopic (exact) mass is 279 g/mol. The van der Waals surface area contributed by atoms with Gasteiger partial charge in [-0.15, -0.1) is 11.6 Å². The number of furan rings is 1. The van der Waals surface area contributed by atoms with Crippen molar-refractivity contribution in [1.29, 1.82) is 0 Å². The second kappa shape index (κ2) is 5.80. The molecule has 5 heteroatoms. The minimum absolute atomic E-state index is 0.181. The summed E-state index contributed by atoms with van der Waals surface area (Å²) in [6, 6.07) is 10.1. The maximum Gasteiger partial charge on any atom is 0.289 e. The Kier molecular flexibility index (Phi) is 4.12. The molecule has 1 aromatic carbocycles. The van der Waals surface area contributed by atoms with Gasteiger partial charge >= 0.3 is 0 Å². The Balaban J connectivity index is 2.07. The number of phenols is 1. The lowest BCUT2D eigenvalue weighted by Crippen LogP contribution is -2.25. The van der Waals surface area contributed by atoms with E-state index in [1.807, 2.05) is 6.07 Å². The van der Waals surface area contributed by atoms with Crippen LogP contribution < -0.4 is 0 Å². The van der Waals surface area contributed by atoms with Crippen LogP contribution in [0, 0.1) is 0 Å². The molecule has 1 amide bonds. The summed E-state index contributed by atoms with van der Waals surface area (Å²) < 4.78 is 5.30. The minimum Gasteiger partial charge on any atom is -0.508 e. The van der Waals surface area contributed by atoms with Crippen molar-refractivity contribution in [1.82, 2.24) is 4.90 Å². The summed E-state index contributed by atoms with van der Waals surface area (Å²) in [7, 11) is 1.68. The van der Waals surface area contributed by atoms with E-state index in [0.717, 1.165) is 5.56 Å².